The molecule has 0 amide bonds. The van der Waals surface area contributed by atoms with Crippen LogP contribution in [0.5, 0.6) is 0 Å². The molecular weight excluding hydrogens is 192 g/mol. The van der Waals surface area contributed by atoms with Crippen LogP contribution in [0, 0.1) is 11.8 Å². The second-order valence-corrected chi connectivity index (χ2v) is 4.25. The predicted molar refractivity (Wildman–Crippen MR) is 43.8 cm³/mol. The number of allylic oxidation sites excluding steroid dienone is 1. The molecule has 0 aromatic heterocycles. The highest BCUT2D eigenvalue weighted by Crippen LogP contribution is 2.42. The molecule has 0 saturated heterocycles. The zero-order valence-electron chi connectivity index (χ0n) is 5.76. The van der Waals surface area contributed by atoms with Gasteiger partial charge in [-0.2, -0.15) is 0 Å². The van der Waals surface area contributed by atoms with Gasteiger partial charge in [-0.1, -0.05) is 22.0 Å². The Morgan fingerprint density at radius 3 is 3.10 bits per heavy atom. The Morgan fingerprint density at radius 1 is 1.50 bits per heavy atom. The molecule has 0 radical (unpaired) electrons. The highest BCUT2D eigenvalue weighted by Gasteiger charge is 2.34. The monoisotopic (exact) mass is 202 g/mol. The summed E-state index contributed by atoms with van der Waals surface area (Å²) >= 11 is 3.39. The van der Waals surface area contributed by atoms with E-state index in [2.05, 4.69) is 22.0 Å². The zero-order chi connectivity index (χ0) is 7.14. The van der Waals surface area contributed by atoms with Crippen molar-refractivity contribution in [1.82, 2.24) is 0 Å². The third-order valence-corrected chi connectivity index (χ3v) is 3.37. The molecule has 2 bridgehead atoms. The average Bonchev–Trinajstić information content (AvgIpc) is 2.29. The zero-order valence-corrected chi connectivity index (χ0v) is 7.34. The van der Waals surface area contributed by atoms with Crippen molar-refractivity contribution >= 4 is 15.9 Å². The van der Waals surface area contributed by atoms with Crippen LogP contribution in [0.4, 0.5) is 0 Å². The lowest BCUT2D eigenvalue weighted by Gasteiger charge is -2.21. The van der Waals surface area contributed by atoms with E-state index in [1.165, 1.54) is 19.3 Å². The van der Waals surface area contributed by atoms with E-state index in [9.17, 15) is 5.11 Å². The Hall–Kier alpha value is 0.180. The number of fused-ring (bicyclic) bond motifs is 2. The molecule has 0 aliphatic heterocycles. The van der Waals surface area contributed by atoms with Gasteiger partial charge in [0.15, 0.2) is 0 Å². The lowest BCUT2D eigenvalue weighted by molar-refractivity contribution is 0.146. The second kappa shape index (κ2) is 2.35. The first-order chi connectivity index (χ1) is 4.77. The van der Waals surface area contributed by atoms with Crippen LogP contribution in [0.1, 0.15) is 19.3 Å². The van der Waals surface area contributed by atoms with Crippen molar-refractivity contribution in [3.8, 4) is 0 Å². The SMILES string of the molecule is O[C@@H]1C(Br)=C[C@@H]2CC[C@@H]1C2. The average molecular weight is 203 g/mol. The van der Waals surface area contributed by atoms with Crippen molar-refractivity contribution in [2.45, 2.75) is 25.4 Å². The predicted octanol–water partition coefficient (Wildman–Crippen LogP) is 2.06. The van der Waals surface area contributed by atoms with Gasteiger partial charge in [-0.25, -0.2) is 0 Å². The standard InChI is InChI=1S/C8H11BrO/c9-7-4-5-1-2-6(3-5)8(7)10/h4-6,8,10H,1-3H2/t5-,6-,8+/m1/s1. The lowest BCUT2D eigenvalue weighted by Crippen LogP contribution is -2.21. The van der Waals surface area contributed by atoms with Crippen LogP contribution in [0.3, 0.4) is 0 Å². The molecule has 10 heavy (non-hydrogen) atoms. The molecule has 2 aliphatic rings. The molecule has 1 nitrogen and oxygen atoms in total. The highest BCUT2D eigenvalue weighted by molar-refractivity contribution is 9.11. The first-order valence-corrected chi connectivity index (χ1v) is 4.62. The Morgan fingerprint density at radius 2 is 2.30 bits per heavy atom. The van der Waals surface area contributed by atoms with Crippen molar-refractivity contribution in [3.63, 3.8) is 0 Å². The third-order valence-electron chi connectivity index (χ3n) is 2.64. The fourth-order valence-electron chi connectivity index (χ4n) is 2.04. The molecule has 0 unspecified atom stereocenters. The fraction of sp³-hybridized carbons (Fsp3) is 0.750. The molecule has 3 atom stereocenters. The van der Waals surface area contributed by atoms with E-state index in [1.54, 1.807) is 0 Å². The molecule has 2 heteroatoms. The molecule has 0 aromatic carbocycles. The molecular formula is C8H11BrO. The Balaban J connectivity index is 2.25. The third kappa shape index (κ3) is 0.940. The van der Waals surface area contributed by atoms with Crippen LogP contribution >= 0.6 is 15.9 Å². The van der Waals surface area contributed by atoms with Crippen LogP contribution in [0.25, 0.3) is 0 Å². The summed E-state index contributed by atoms with van der Waals surface area (Å²) in [5.74, 6) is 1.30. The maximum absolute atomic E-state index is 9.55. The van der Waals surface area contributed by atoms with Crippen LogP contribution in [0.2, 0.25) is 0 Å². The number of rotatable bonds is 0. The summed E-state index contributed by atoms with van der Waals surface area (Å²) in [5.41, 5.74) is 0. The summed E-state index contributed by atoms with van der Waals surface area (Å²) in [6, 6.07) is 0. The summed E-state index contributed by atoms with van der Waals surface area (Å²) in [7, 11) is 0. The van der Waals surface area contributed by atoms with Gasteiger partial charge < -0.3 is 5.11 Å². The summed E-state index contributed by atoms with van der Waals surface area (Å²) < 4.78 is 1.02. The molecule has 0 spiro atoms. The van der Waals surface area contributed by atoms with E-state index < -0.39 is 0 Å². The number of aliphatic hydroxyl groups excluding tert-OH is 1. The minimum absolute atomic E-state index is 0.196. The summed E-state index contributed by atoms with van der Waals surface area (Å²) in [6.07, 6.45) is 5.66. The Kier molecular flexibility index (Phi) is 1.61. The van der Waals surface area contributed by atoms with E-state index in [4.69, 9.17) is 0 Å². The molecule has 1 N–H and O–H groups in total. The van der Waals surface area contributed by atoms with Crippen LogP contribution in [-0.2, 0) is 0 Å². The number of hydrogen-bond donors (Lipinski definition) is 1. The van der Waals surface area contributed by atoms with Gasteiger partial charge >= 0.3 is 0 Å². The van der Waals surface area contributed by atoms with Crippen LogP contribution in [0.15, 0.2) is 10.6 Å². The quantitative estimate of drug-likeness (QED) is 0.638. The molecule has 1 saturated carbocycles. The molecule has 0 heterocycles. The van der Waals surface area contributed by atoms with Gasteiger partial charge in [0.25, 0.3) is 0 Å². The van der Waals surface area contributed by atoms with Gasteiger partial charge in [0.2, 0.25) is 0 Å². The van der Waals surface area contributed by atoms with Gasteiger partial charge in [-0.3, -0.25) is 0 Å². The van der Waals surface area contributed by atoms with Gasteiger partial charge in [0, 0.05) is 4.48 Å². The lowest BCUT2D eigenvalue weighted by atomic mass is 9.93. The molecule has 56 valence electrons. The molecule has 2 aliphatic carbocycles. The second-order valence-electron chi connectivity index (χ2n) is 3.33. The van der Waals surface area contributed by atoms with Gasteiger partial charge in [-0.15, -0.1) is 0 Å². The first-order valence-electron chi connectivity index (χ1n) is 3.82. The molecule has 0 aromatic rings. The van der Waals surface area contributed by atoms with Crippen LogP contribution in [-0.4, -0.2) is 11.2 Å². The Bertz CT molecular complexity index is 176. The summed E-state index contributed by atoms with van der Waals surface area (Å²) in [4.78, 5) is 0. The number of halogens is 1. The first kappa shape index (κ1) is 6.86. The van der Waals surface area contributed by atoms with Gasteiger partial charge in [0.1, 0.15) is 0 Å². The van der Waals surface area contributed by atoms with Crippen molar-refractivity contribution < 1.29 is 5.11 Å². The van der Waals surface area contributed by atoms with Gasteiger partial charge in [0.05, 0.1) is 6.10 Å². The normalized spacial score (nSPS) is 45.4. The minimum atomic E-state index is -0.196. The largest absolute Gasteiger partial charge is 0.388 e. The Labute approximate surface area is 69.3 Å². The van der Waals surface area contributed by atoms with Crippen LogP contribution < -0.4 is 0 Å². The molecule has 1 fully saturated rings. The van der Waals surface area contributed by atoms with E-state index in [-0.39, 0.29) is 6.10 Å². The van der Waals surface area contributed by atoms with Gasteiger partial charge in [-0.05, 0) is 31.1 Å². The maximum atomic E-state index is 9.55. The number of hydrogen-bond acceptors (Lipinski definition) is 1. The van der Waals surface area contributed by atoms with Crippen molar-refractivity contribution in [1.29, 1.82) is 0 Å². The summed E-state index contributed by atoms with van der Waals surface area (Å²) in [6.45, 7) is 0. The summed E-state index contributed by atoms with van der Waals surface area (Å²) in [5, 5.41) is 9.55. The van der Waals surface area contributed by atoms with E-state index in [0.717, 1.165) is 10.4 Å². The van der Waals surface area contributed by atoms with Crippen molar-refractivity contribution in [2.75, 3.05) is 0 Å². The minimum Gasteiger partial charge on any atom is -0.388 e. The number of aliphatic hydroxyl groups is 1. The molecule has 2 rings (SSSR count). The fourth-order valence-corrected chi connectivity index (χ4v) is 2.79. The van der Waals surface area contributed by atoms with E-state index in [1.807, 2.05) is 0 Å². The highest BCUT2D eigenvalue weighted by atomic mass is 79.9. The topological polar surface area (TPSA) is 20.2 Å². The van der Waals surface area contributed by atoms with E-state index >= 15 is 0 Å². The van der Waals surface area contributed by atoms with Crippen molar-refractivity contribution in [3.05, 3.63) is 10.6 Å². The van der Waals surface area contributed by atoms with E-state index in [0.29, 0.717) is 5.92 Å². The smallest absolute Gasteiger partial charge is 0.0879 e. The van der Waals surface area contributed by atoms with Crippen molar-refractivity contribution in [2.24, 2.45) is 11.8 Å². The maximum Gasteiger partial charge on any atom is 0.0879 e.